The molecule has 3 rings (SSSR count). The third kappa shape index (κ3) is 4.23. The van der Waals surface area contributed by atoms with Crippen molar-refractivity contribution in [2.75, 3.05) is 18.2 Å². The molecule has 10 heteroatoms. The number of tetrazole rings is 1. The van der Waals surface area contributed by atoms with E-state index in [-0.39, 0.29) is 17.2 Å². The van der Waals surface area contributed by atoms with E-state index < -0.39 is 5.91 Å². The molecule has 1 aromatic heterocycles. The fourth-order valence-corrected chi connectivity index (χ4v) is 3.03. The number of para-hydroxylation sites is 3. The first-order valence-electron chi connectivity index (χ1n) is 7.83. The highest BCUT2D eigenvalue weighted by molar-refractivity contribution is 7.99. The van der Waals surface area contributed by atoms with Gasteiger partial charge in [-0.1, -0.05) is 36.0 Å². The molecule has 27 heavy (non-hydrogen) atoms. The number of methoxy groups -OCH3 is 1. The topological polar surface area (TPSA) is 125 Å². The van der Waals surface area contributed by atoms with Crippen molar-refractivity contribution in [1.82, 2.24) is 20.2 Å². The Morgan fingerprint density at radius 3 is 2.70 bits per heavy atom. The van der Waals surface area contributed by atoms with Gasteiger partial charge in [0.1, 0.15) is 11.4 Å². The van der Waals surface area contributed by atoms with E-state index in [1.54, 1.807) is 37.4 Å². The molecule has 3 aromatic rings. The van der Waals surface area contributed by atoms with Crippen LogP contribution in [0.2, 0.25) is 0 Å². The van der Waals surface area contributed by atoms with E-state index >= 15 is 0 Å². The highest BCUT2D eigenvalue weighted by Crippen LogP contribution is 2.25. The molecule has 0 fully saturated rings. The van der Waals surface area contributed by atoms with E-state index in [9.17, 15) is 9.59 Å². The van der Waals surface area contributed by atoms with Crippen LogP contribution in [0, 0.1) is 0 Å². The van der Waals surface area contributed by atoms with Crippen molar-refractivity contribution in [2.45, 2.75) is 5.16 Å². The molecule has 138 valence electrons. The lowest BCUT2D eigenvalue weighted by Gasteiger charge is -2.10. The Kier molecular flexibility index (Phi) is 5.67. The van der Waals surface area contributed by atoms with Gasteiger partial charge in [0.2, 0.25) is 11.1 Å². The lowest BCUT2D eigenvalue weighted by atomic mass is 10.1. The summed E-state index contributed by atoms with van der Waals surface area (Å²) in [5.74, 6) is -0.281. The number of nitrogens with two attached hydrogens (primary N) is 1. The van der Waals surface area contributed by atoms with Gasteiger partial charge in [0, 0.05) is 0 Å². The monoisotopic (exact) mass is 384 g/mol. The van der Waals surface area contributed by atoms with E-state index in [0.717, 1.165) is 11.8 Å². The average molecular weight is 384 g/mol. The van der Waals surface area contributed by atoms with Gasteiger partial charge in [0.25, 0.3) is 5.91 Å². The zero-order valence-electron chi connectivity index (χ0n) is 14.3. The number of hydrogen-bond acceptors (Lipinski definition) is 7. The molecule has 0 aliphatic heterocycles. The molecule has 0 unspecified atom stereocenters. The maximum absolute atomic E-state index is 12.3. The second kappa shape index (κ2) is 8.32. The molecule has 0 spiro atoms. The average Bonchev–Trinajstić information content (AvgIpc) is 3.15. The molecule has 0 aliphatic rings. The summed E-state index contributed by atoms with van der Waals surface area (Å²) in [4.78, 5) is 23.7. The number of benzene rings is 2. The summed E-state index contributed by atoms with van der Waals surface area (Å²) < 4.78 is 6.81. The SMILES string of the molecule is COc1ccccc1-n1nnnc1SCC(=O)Nc1ccccc1C(N)=O. The molecule has 0 saturated carbocycles. The Balaban J connectivity index is 1.71. The van der Waals surface area contributed by atoms with Gasteiger partial charge in [-0.2, -0.15) is 4.68 Å². The molecular weight excluding hydrogens is 368 g/mol. The third-order valence-electron chi connectivity index (χ3n) is 3.55. The molecule has 0 bridgehead atoms. The first-order chi connectivity index (χ1) is 13.1. The van der Waals surface area contributed by atoms with Crippen LogP contribution in [0.25, 0.3) is 5.69 Å². The molecule has 2 amide bonds. The summed E-state index contributed by atoms with van der Waals surface area (Å²) >= 11 is 1.15. The van der Waals surface area contributed by atoms with Crippen molar-refractivity contribution in [3.05, 3.63) is 54.1 Å². The molecular formula is C17H16N6O3S. The van der Waals surface area contributed by atoms with E-state index in [2.05, 4.69) is 20.8 Å². The predicted molar refractivity (Wildman–Crippen MR) is 100 cm³/mol. The van der Waals surface area contributed by atoms with Gasteiger partial charge >= 0.3 is 0 Å². The third-order valence-corrected chi connectivity index (χ3v) is 4.47. The number of ether oxygens (including phenoxy) is 1. The van der Waals surface area contributed by atoms with Gasteiger partial charge in [-0.3, -0.25) is 9.59 Å². The Bertz CT molecular complexity index is 975. The standard InChI is InChI=1S/C17H16N6O3S/c1-26-14-9-5-4-8-13(14)23-17(20-21-22-23)27-10-15(24)19-12-7-3-2-6-11(12)16(18)25/h2-9H,10H2,1H3,(H2,18,25)(H,19,24). The van der Waals surface area contributed by atoms with Gasteiger partial charge in [0.15, 0.2) is 0 Å². The van der Waals surface area contributed by atoms with Crippen molar-refractivity contribution in [1.29, 1.82) is 0 Å². The molecule has 0 atom stereocenters. The predicted octanol–water partition coefficient (Wildman–Crippen LogP) is 1.50. The molecule has 1 heterocycles. The van der Waals surface area contributed by atoms with Crippen LogP contribution in [0.4, 0.5) is 5.69 Å². The number of hydrogen-bond donors (Lipinski definition) is 2. The van der Waals surface area contributed by atoms with Gasteiger partial charge in [-0.25, -0.2) is 0 Å². The first kappa shape index (κ1) is 18.4. The second-order valence-corrected chi connectivity index (χ2v) is 6.23. The smallest absolute Gasteiger partial charge is 0.250 e. The zero-order chi connectivity index (χ0) is 19.2. The van der Waals surface area contributed by atoms with Crippen LogP contribution < -0.4 is 15.8 Å². The number of nitrogens with zero attached hydrogens (tertiary/aromatic N) is 4. The fraction of sp³-hybridized carbons (Fsp3) is 0.118. The molecule has 0 aliphatic carbocycles. The van der Waals surface area contributed by atoms with Crippen molar-refractivity contribution in [3.63, 3.8) is 0 Å². The zero-order valence-corrected chi connectivity index (χ0v) is 15.1. The van der Waals surface area contributed by atoms with Gasteiger partial charge in [0.05, 0.1) is 24.1 Å². The first-order valence-corrected chi connectivity index (χ1v) is 8.82. The maximum atomic E-state index is 12.3. The number of thioether (sulfide) groups is 1. The van der Waals surface area contributed by atoms with Crippen molar-refractivity contribution >= 4 is 29.3 Å². The summed E-state index contributed by atoms with van der Waals surface area (Å²) in [5.41, 5.74) is 6.58. The molecule has 3 N–H and O–H groups in total. The van der Waals surface area contributed by atoms with Crippen LogP contribution in [0.1, 0.15) is 10.4 Å². The molecule has 2 aromatic carbocycles. The Labute approximate surface area is 158 Å². The number of primary amides is 1. The second-order valence-electron chi connectivity index (χ2n) is 5.29. The van der Waals surface area contributed by atoms with E-state index in [1.807, 2.05) is 18.2 Å². The van der Waals surface area contributed by atoms with E-state index in [4.69, 9.17) is 10.5 Å². The van der Waals surface area contributed by atoms with Crippen LogP contribution >= 0.6 is 11.8 Å². The number of nitrogens with one attached hydrogen (secondary N) is 1. The van der Waals surface area contributed by atoms with Crippen molar-refractivity contribution < 1.29 is 14.3 Å². The highest BCUT2D eigenvalue weighted by atomic mass is 32.2. The Morgan fingerprint density at radius 2 is 1.93 bits per heavy atom. The Morgan fingerprint density at radius 1 is 1.19 bits per heavy atom. The minimum Gasteiger partial charge on any atom is -0.494 e. The van der Waals surface area contributed by atoms with Gasteiger partial charge < -0.3 is 15.8 Å². The van der Waals surface area contributed by atoms with Crippen LogP contribution in [0.5, 0.6) is 5.75 Å². The Hall–Kier alpha value is -3.40. The van der Waals surface area contributed by atoms with Crippen LogP contribution in [-0.4, -0.2) is 44.9 Å². The molecule has 9 nitrogen and oxygen atoms in total. The summed E-state index contributed by atoms with van der Waals surface area (Å²) in [6.07, 6.45) is 0. The highest BCUT2D eigenvalue weighted by Gasteiger charge is 2.15. The van der Waals surface area contributed by atoms with Crippen LogP contribution in [0.15, 0.2) is 53.7 Å². The van der Waals surface area contributed by atoms with E-state index in [1.165, 1.54) is 4.68 Å². The lowest BCUT2D eigenvalue weighted by Crippen LogP contribution is -2.19. The lowest BCUT2D eigenvalue weighted by molar-refractivity contribution is -0.113. The van der Waals surface area contributed by atoms with Gasteiger partial charge in [-0.15, -0.1) is 5.10 Å². The van der Waals surface area contributed by atoms with Crippen molar-refractivity contribution in [3.8, 4) is 11.4 Å². The number of carbonyl (C=O) groups is 2. The number of aromatic nitrogens is 4. The fourth-order valence-electron chi connectivity index (χ4n) is 2.35. The summed E-state index contributed by atoms with van der Waals surface area (Å²) in [6, 6.07) is 13.8. The minimum atomic E-state index is -0.612. The number of anilines is 1. The quantitative estimate of drug-likeness (QED) is 0.591. The van der Waals surface area contributed by atoms with E-state index in [0.29, 0.717) is 22.3 Å². The van der Waals surface area contributed by atoms with Crippen LogP contribution in [-0.2, 0) is 4.79 Å². The number of rotatable bonds is 7. The maximum Gasteiger partial charge on any atom is 0.250 e. The number of amides is 2. The summed E-state index contributed by atoms with van der Waals surface area (Å²) in [5, 5.41) is 14.7. The number of carbonyl (C=O) groups excluding carboxylic acids is 2. The summed E-state index contributed by atoms with van der Waals surface area (Å²) in [6.45, 7) is 0. The summed E-state index contributed by atoms with van der Waals surface area (Å²) in [7, 11) is 1.56. The van der Waals surface area contributed by atoms with Gasteiger partial charge in [-0.05, 0) is 34.7 Å². The molecule has 0 radical (unpaired) electrons. The van der Waals surface area contributed by atoms with Crippen LogP contribution in [0.3, 0.4) is 0 Å². The largest absolute Gasteiger partial charge is 0.494 e. The normalized spacial score (nSPS) is 10.4. The van der Waals surface area contributed by atoms with Crippen molar-refractivity contribution in [2.24, 2.45) is 5.73 Å². The molecule has 0 saturated heterocycles. The minimum absolute atomic E-state index is 0.0443.